The number of aryl methyl sites for hydroxylation is 2. The summed E-state index contributed by atoms with van der Waals surface area (Å²) < 4.78 is 36.0. The van der Waals surface area contributed by atoms with Crippen molar-refractivity contribution in [1.82, 2.24) is 0 Å². The molecule has 0 aliphatic heterocycles. The van der Waals surface area contributed by atoms with Crippen molar-refractivity contribution < 1.29 is 17.9 Å². The molecule has 0 aromatic heterocycles. The van der Waals surface area contributed by atoms with Crippen LogP contribution in [0.5, 0.6) is 5.75 Å². The predicted octanol–water partition coefficient (Wildman–Crippen LogP) is 5.07. The Kier molecular flexibility index (Phi) is 6.16. The third-order valence-corrected chi connectivity index (χ3v) is 6.69. The molecular formula is C26H24N2O4S. The van der Waals surface area contributed by atoms with E-state index in [0.717, 1.165) is 11.3 Å². The Morgan fingerprint density at radius 1 is 0.939 bits per heavy atom. The number of ketones is 1. The Balaban J connectivity index is 1.77. The zero-order valence-corrected chi connectivity index (χ0v) is 19.4. The molecule has 7 heteroatoms. The number of ether oxygens (including phenoxy) is 1. The highest BCUT2D eigenvalue weighted by Crippen LogP contribution is 2.27. The Bertz CT molecular complexity index is 1390. The second-order valence-corrected chi connectivity index (χ2v) is 9.31. The average Bonchev–Trinajstić information content (AvgIpc) is 2.80. The fourth-order valence-electron chi connectivity index (χ4n) is 3.62. The number of benzene rings is 3. The predicted molar refractivity (Wildman–Crippen MR) is 130 cm³/mol. The zero-order chi connectivity index (χ0) is 23.6. The summed E-state index contributed by atoms with van der Waals surface area (Å²) in [4.78, 5) is 13.3. The van der Waals surface area contributed by atoms with Crippen LogP contribution in [0.3, 0.4) is 0 Å². The van der Waals surface area contributed by atoms with Crippen molar-refractivity contribution in [2.45, 2.75) is 25.7 Å². The molecule has 1 N–H and O–H groups in total. The summed E-state index contributed by atoms with van der Waals surface area (Å²) in [5.41, 5.74) is 3.44. The Hall–Kier alpha value is -3.71. The molecule has 0 saturated carbocycles. The monoisotopic (exact) mass is 460 g/mol. The van der Waals surface area contributed by atoms with Gasteiger partial charge >= 0.3 is 0 Å². The van der Waals surface area contributed by atoms with Crippen molar-refractivity contribution in [2.75, 3.05) is 11.9 Å². The van der Waals surface area contributed by atoms with Crippen LogP contribution < -0.4 is 10.1 Å². The molecule has 0 unspecified atom stereocenters. The fraction of sp³-hybridized carbons (Fsp3) is 0.154. The standard InChI is InChI=1S/C26H24N2O4S/c1-4-32-20-13-11-19(12-14-20)27-24-16-23(21-7-5-6-8-22(21)26(24)29)28-33(30,31)25-15-17(2)9-10-18(25)3/h5-16,27H,4H2,1-3H3. The minimum absolute atomic E-state index is 0.152. The van der Waals surface area contributed by atoms with Crippen molar-refractivity contribution in [2.24, 2.45) is 4.40 Å². The second-order valence-electron chi connectivity index (χ2n) is 7.74. The number of anilines is 1. The molecule has 0 saturated heterocycles. The number of fused-ring (bicyclic) bond motifs is 1. The number of hydrogen-bond acceptors (Lipinski definition) is 5. The molecule has 4 rings (SSSR count). The molecular weight excluding hydrogens is 436 g/mol. The van der Waals surface area contributed by atoms with E-state index in [1.807, 2.05) is 19.9 Å². The Morgan fingerprint density at radius 3 is 2.33 bits per heavy atom. The second kappa shape index (κ2) is 9.03. The minimum Gasteiger partial charge on any atom is -0.494 e. The molecule has 168 valence electrons. The molecule has 6 nitrogen and oxygen atoms in total. The third kappa shape index (κ3) is 4.73. The first-order valence-corrected chi connectivity index (χ1v) is 12.0. The smallest absolute Gasteiger partial charge is 0.283 e. The lowest BCUT2D eigenvalue weighted by atomic mass is 9.92. The van der Waals surface area contributed by atoms with E-state index in [4.69, 9.17) is 4.74 Å². The SMILES string of the molecule is CCOc1ccc(NC2=CC(=NS(=O)(=O)c3cc(C)ccc3C)c3ccccc3C2=O)cc1. The largest absolute Gasteiger partial charge is 0.494 e. The number of nitrogens with one attached hydrogen (secondary N) is 1. The third-order valence-electron chi connectivity index (χ3n) is 5.26. The number of hydrogen-bond donors (Lipinski definition) is 1. The molecule has 0 amide bonds. The molecule has 3 aromatic rings. The van der Waals surface area contributed by atoms with E-state index >= 15 is 0 Å². The van der Waals surface area contributed by atoms with Crippen molar-refractivity contribution in [3.63, 3.8) is 0 Å². The summed E-state index contributed by atoms with van der Waals surface area (Å²) in [6.45, 7) is 6.03. The van der Waals surface area contributed by atoms with E-state index in [1.54, 1.807) is 67.6 Å². The lowest BCUT2D eigenvalue weighted by Gasteiger charge is -2.19. The summed E-state index contributed by atoms with van der Waals surface area (Å²) in [5, 5.41) is 3.10. The van der Waals surface area contributed by atoms with Gasteiger partial charge in [0, 0.05) is 16.8 Å². The van der Waals surface area contributed by atoms with Gasteiger partial charge < -0.3 is 10.1 Å². The van der Waals surface area contributed by atoms with Crippen LogP contribution in [0.1, 0.15) is 34.0 Å². The van der Waals surface area contributed by atoms with E-state index in [1.165, 1.54) is 6.08 Å². The average molecular weight is 461 g/mol. The number of carbonyl (C=O) groups is 1. The molecule has 0 bridgehead atoms. The van der Waals surface area contributed by atoms with Gasteiger partial charge in [-0.25, -0.2) is 0 Å². The minimum atomic E-state index is -3.99. The summed E-state index contributed by atoms with van der Waals surface area (Å²) in [7, 11) is -3.99. The Labute approximate surface area is 193 Å². The van der Waals surface area contributed by atoms with Crippen molar-refractivity contribution in [3.8, 4) is 5.75 Å². The van der Waals surface area contributed by atoms with Gasteiger partial charge in [0.05, 0.1) is 22.9 Å². The van der Waals surface area contributed by atoms with Gasteiger partial charge in [0.2, 0.25) is 5.78 Å². The van der Waals surface area contributed by atoms with Crippen LogP contribution in [0.25, 0.3) is 0 Å². The van der Waals surface area contributed by atoms with Gasteiger partial charge in [0.25, 0.3) is 10.0 Å². The molecule has 0 heterocycles. The topological polar surface area (TPSA) is 84.8 Å². The molecule has 0 atom stereocenters. The highest BCUT2D eigenvalue weighted by molar-refractivity contribution is 7.90. The van der Waals surface area contributed by atoms with Gasteiger partial charge in [0.1, 0.15) is 5.75 Å². The highest BCUT2D eigenvalue weighted by Gasteiger charge is 2.26. The van der Waals surface area contributed by atoms with Crippen molar-refractivity contribution in [3.05, 3.63) is 101 Å². The first kappa shape index (κ1) is 22.5. The molecule has 0 spiro atoms. The van der Waals surface area contributed by atoms with Crippen LogP contribution >= 0.6 is 0 Å². The first-order valence-electron chi connectivity index (χ1n) is 10.6. The van der Waals surface area contributed by atoms with Crippen LogP contribution in [-0.2, 0) is 10.0 Å². The molecule has 0 fully saturated rings. The number of carbonyl (C=O) groups excluding carboxylic acids is 1. The zero-order valence-electron chi connectivity index (χ0n) is 18.6. The van der Waals surface area contributed by atoms with Gasteiger partial charge in [-0.2, -0.15) is 12.8 Å². The van der Waals surface area contributed by atoms with Gasteiger partial charge in [-0.15, -0.1) is 0 Å². The van der Waals surface area contributed by atoms with Crippen LogP contribution in [0.4, 0.5) is 5.69 Å². The van der Waals surface area contributed by atoms with E-state index in [0.29, 0.717) is 29.0 Å². The number of sulfonamides is 1. The van der Waals surface area contributed by atoms with Crippen molar-refractivity contribution in [1.29, 1.82) is 0 Å². The van der Waals surface area contributed by atoms with Gasteiger partial charge in [-0.05, 0) is 68.3 Å². The number of allylic oxidation sites excluding steroid dienone is 2. The maximum Gasteiger partial charge on any atom is 0.283 e. The molecule has 1 aliphatic rings. The summed E-state index contributed by atoms with van der Waals surface area (Å²) >= 11 is 0. The van der Waals surface area contributed by atoms with E-state index in [2.05, 4.69) is 9.71 Å². The quantitative estimate of drug-likeness (QED) is 0.555. The van der Waals surface area contributed by atoms with Gasteiger partial charge in [-0.1, -0.05) is 36.4 Å². The normalized spacial score (nSPS) is 14.6. The molecule has 3 aromatic carbocycles. The lowest BCUT2D eigenvalue weighted by Crippen LogP contribution is -2.22. The summed E-state index contributed by atoms with van der Waals surface area (Å²) in [6.07, 6.45) is 1.49. The van der Waals surface area contributed by atoms with E-state index < -0.39 is 10.0 Å². The van der Waals surface area contributed by atoms with E-state index in [-0.39, 0.29) is 22.1 Å². The summed E-state index contributed by atoms with van der Waals surface area (Å²) in [5.74, 6) is 0.488. The van der Waals surface area contributed by atoms with Crippen molar-refractivity contribution >= 4 is 27.2 Å². The fourth-order valence-corrected chi connectivity index (χ4v) is 4.94. The Morgan fingerprint density at radius 2 is 1.64 bits per heavy atom. The number of rotatable bonds is 6. The first-order chi connectivity index (χ1) is 15.8. The molecule has 0 radical (unpaired) electrons. The maximum absolute atomic E-state index is 13.2. The van der Waals surface area contributed by atoms with Crippen LogP contribution in [-0.4, -0.2) is 26.5 Å². The molecule has 33 heavy (non-hydrogen) atoms. The van der Waals surface area contributed by atoms with Crippen LogP contribution in [0.15, 0.2) is 87.8 Å². The summed E-state index contributed by atoms with van der Waals surface area (Å²) in [6, 6.07) is 19.3. The van der Waals surface area contributed by atoms with Gasteiger partial charge in [-0.3, -0.25) is 4.79 Å². The molecule has 1 aliphatic carbocycles. The number of nitrogens with zero attached hydrogens (tertiary/aromatic N) is 1. The van der Waals surface area contributed by atoms with Crippen LogP contribution in [0, 0.1) is 13.8 Å². The van der Waals surface area contributed by atoms with E-state index in [9.17, 15) is 13.2 Å². The number of Topliss-reactive ketones (excluding diaryl/α,β-unsaturated/α-hetero) is 1. The maximum atomic E-state index is 13.2. The highest BCUT2D eigenvalue weighted by atomic mass is 32.2. The van der Waals surface area contributed by atoms with Gasteiger partial charge in [0.15, 0.2) is 0 Å². The lowest BCUT2D eigenvalue weighted by molar-refractivity contribution is 0.103. The van der Waals surface area contributed by atoms with Crippen LogP contribution in [0.2, 0.25) is 0 Å².